The van der Waals surface area contributed by atoms with Gasteiger partial charge < -0.3 is 14.2 Å². The molecule has 0 aliphatic carbocycles. The van der Waals surface area contributed by atoms with Crippen LogP contribution in [0.2, 0.25) is 0 Å². The number of rotatable bonds is 2. The van der Waals surface area contributed by atoms with Crippen molar-refractivity contribution in [3.63, 3.8) is 0 Å². The molecule has 0 aromatic carbocycles. The van der Waals surface area contributed by atoms with Crippen molar-refractivity contribution in [1.29, 1.82) is 0 Å². The minimum Gasteiger partial charge on any atom is -0.381 e. The van der Waals surface area contributed by atoms with Crippen molar-refractivity contribution in [3.05, 3.63) is 34.2 Å². The molecule has 2 rings (SSSR count). The second-order valence-corrected chi connectivity index (χ2v) is 4.62. The van der Waals surface area contributed by atoms with Crippen molar-refractivity contribution < 1.29 is 9.53 Å². The molecule has 5 heteroatoms. The Balaban J connectivity index is 2.14. The highest BCUT2D eigenvalue weighted by molar-refractivity contribution is 5.94. The zero-order chi connectivity index (χ0) is 13.1. The summed E-state index contributed by atoms with van der Waals surface area (Å²) < 4.78 is 6.73. The summed E-state index contributed by atoms with van der Waals surface area (Å²) in [7, 11) is 3.45. The number of aromatic nitrogens is 1. The second-order valence-electron chi connectivity index (χ2n) is 4.62. The first-order valence-corrected chi connectivity index (χ1v) is 6.11. The highest BCUT2D eigenvalue weighted by atomic mass is 16.5. The minimum atomic E-state index is -0.166. The van der Waals surface area contributed by atoms with E-state index in [-0.39, 0.29) is 17.5 Å². The molecule has 1 fully saturated rings. The Morgan fingerprint density at radius 3 is 2.72 bits per heavy atom. The van der Waals surface area contributed by atoms with Crippen LogP contribution in [-0.4, -0.2) is 41.7 Å². The zero-order valence-corrected chi connectivity index (χ0v) is 10.8. The molecule has 0 bridgehead atoms. The van der Waals surface area contributed by atoms with E-state index in [1.807, 2.05) is 0 Å². The van der Waals surface area contributed by atoms with Gasteiger partial charge in [-0.1, -0.05) is 0 Å². The SMILES string of the molecule is CN(C(=O)c1ccn(C)c(=O)c1)C1CCOCC1. The lowest BCUT2D eigenvalue weighted by molar-refractivity contribution is 0.0362. The molecule has 0 radical (unpaired) electrons. The number of amides is 1. The maximum absolute atomic E-state index is 12.2. The summed E-state index contributed by atoms with van der Waals surface area (Å²) in [6.07, 6.45) is 3.33. The van der Waals surface area contributed by atoms with Gasteiger partial charge in [-0.25, -0.2) is 0 Å². The van der Waals surface area contributed by atoms with Gasteiger partial charge >= 0.3 is 0 Å². The molecule has 5 nitrogen and oxygen atoms in total. The molecule has 1 aliphatic rings. The average molecular weight is 250 g/mol. The fourth-order valence-corrected chi connectivity index (χ4v) is 2.12. The quantitative estimate of drug-likeness (QED) is 0.774. The van der Waals surface area contributed by atoms with Crippen LogP contribution >= 0.6 is 0 Å². The largest absolute Gasteiger partial charge is 0.381 e. The average Bonchev–Trinajstić information content (AvgIpc) is 2.41. The molecule has 0 unspecified atom stereocenters. The Labute approximate surface area is 106 Å². The fourth-order valence-electron chi connectivity index (χ4n) is 2.12. The van der Waals surface area contributed by atoms with Gasteiger partial charge in [-0.3, -0.25) is 9.59 Å². The van der Waals surface area contributed by atoms with Crippen LogP contribution in [0, 0.1) is 0 Å². The van der Waals surface area contributed by atoms with E-state index in [0.29, 0.717) is 18.8 Å². The summed E-state index contributed by atoms with van der Waals surface area (Å²) in [6.45, 7) is 1.39. The predicted molar refractivity (Wildman–Crippen MR) is 67.6 cm³/mol. The Hall–Kier alpha value is -1.62. The molecule has 1 amide bonds. The Morgan fingerprint density at radius 2 is 2.11 bits per heavy atom. The van der Waals surface area contributed by atoms with Crippen molar-refractivity contribution >= 4 is 5.91 Å². The van der Waals surface area contributed by atoms with Crippen molar-refractivity contribution in [1.82, 2.24) is 9.47 Å². The maximum Gasteiger partial charge on any atom is 0.254 e. The molecule has 0 N–H and O–H groups in total. The molecule has 1 aromatic heterocycles. The third-order valence-electron chi connectivity index (χ3n) is 3.41. The summed E-state index contributed by atoms with van der Waals surface area (Å²) in [4.78, 5) is 25.5. The van der Waals surface area contributed by atoms with Crippen LogP contribution in [0.25, 0.3) is 0 Å². The number of ether oxygens (including phenoxy) is 1. The van der Waals surface area contributed by atoms with Gasteiger partial charge in [0.15, 0.2) is 0 Å². The molecule has 2 heterocycles. The zero-order valence-electron chi connectivity index (χ0n) is 10.8. The highest BCUT2D eigenvalue weighted by Crippen LogP contribution is 2.15. The van der Waals surface area contributed by atoms with E-state index >= 15 is 0 Å². The summed E-state index contributed by atoms with van der Waals surface area (Å²) in [6, 6.07) is 3.27. The van der Waals surface area contributed by atoms with E-state index in [2.05, 4.69) is 0 Å². The van der Waals surface area contributed by atoms with Crippen molar-refractivity contribution in [2.45, 2.75) is 18.9 Å². The van der Waals surface area contributed by atoms with E-state index < -0.39 is 0 Å². The third kappa shape index (κ3) is 2.61. The van der Waals surface area contributed by atoms with Crippen LogP contribution in [0.3, 0.4) is 0 Å². The van der Waals surface area contributed by atoms with Gasteiger partial charge in [0.05, 0.1) is 0 Å². The number of nitrogens with zero attached hydrogens (tertiary/aromatic N) is 2. The molecular weight excluding hydrogens is 232 g/mol. The van der Waals surface area contributed by atoms with Gasteiger partial charge in [0.1, 0.15) is 0 Å². The lowest BCUT2D eigenvalue weighted by Crippen LogP contribution is -2.41. The second kappa shape index (κ2) is 5.35. The third-order valence-corrected chi connectivity index (χ3v) is 3.41. The molecule has 0 saturated carbocycles. The number of carbonyl (C=O) groups excluding carboxylic acids is 1. The van der Waals surface area contributed by atoms with Crippen LogP contribution in [0.15, 0.2) is 23.1 Å². The van der Waals surface area contributed by atoms with E-state index in [1.165, 1.54) is 10.6 Å². The standard InChI is InChI=1S/C13H18N2O3/c1-14-6-3-10(9-12(14)16)13(17)15(2)11-4-7-18-8-5-11/h3,6,9,11H,4-5,7-8H2,1-2H3. The Morgan fingerprint density at radius 1 is 1.44 bits per heavy atom. The highest BCUT2D eigenvalue weighted by Gasteiger charge is 2.23. The number of hydrogen-bond donors (Lipinski definition) is 0. The van der Waals surface area contributed by atoms with Crippen LogP contribution in [-0.2, 0) is 11.8 Å². The molecule has 0 atom stereocenters. The van der Waals surface area contributed by atoms with E-state index in [0.717, 1.165) is 12.8 Å². The lowest BCUT2D eigenvalue weighted by atomic mass is 10.1. The van der Waals surface area contributed by atoms with Gasteiger partial charge in [-0.2, -0.15) is 0 Å². The topological polar surface area (TPSA) is 51.5 Å². The van der Waals surface area contributed by atoms with Gasteiger partial charge in [0.25, 0.3) is 11.5 Å². The van der Waals surface area contributed by atoms with Crippen molar-refractivity contribution in [2.75, 3.05) is 20.3 Å². The molecule has 18 heavy (non-hydrogen) atoms. The number of carbonyl (C=O) groups is 1. The number of aryl methyl sites for hydroxylation is 1. The van der Waals surface area contributed by atoms with Crippen molar-refractivity contribution in [2.24, 2.45) is 7.05 Å². The van der Waals surface area contributed by atoms with Crippen LogP contribution in [0.5, 0.6) is 0 Å². The molecule has 1 aromatic rings. The Kier molecular flexibility index (Phi) is 3.81. The summed E-state index contributed by atoms with van der Waals surface area (Å²) >= 11 is 0. The van der Waals surface area contributed by atoms with E-state index in [1.54, 1.807) is 31.3 Å². The summed E-state index contributed by atoms with van der Waals surface area (Å²) in [5.41, 5.74) is 0.285. The van der Waals surface area contributed by atoms with Gasteiger partial charge in [-0.05, 0) is 18.9 Å². The molecule has 98 valence electrons. The van der Waals surface area contributed by atoms with Crippen LogP contribution < -0.4 is 5.56 Å². The number of pyridine rings is 1. The first kappa shape index (κ1) is 12.8. The maximum atomic E-state index is 12.2. The van der Waals surface area contributed by atoms with E-state index in [4.69, 9.17) is 4.74 Å². The van der Waals surface area contributed by atoms with Crippen LogP contribution in [0.4, 0.5) is 0 Å². The molecular formula is C13H18N2O3. The Bertz CT molecular complexity index is 489. The first-order chi connectivity index (χ1) is 8.59. The smallest absolute Gasteiger partial charge is 0.254 e. The van der Waals surface area contributed by atoms with Gasteiger partial charge in [0, 0.05) is 51.2 Å². The lowest BCUT2D eigenvalue weighted by Gasteiger charge is -2.31. The monoisotopic (exact) mass is 250 g/mol. The number of hydrogen-bond acceptors (Lipinski definition) is 3. The molecule has 1 aliphatic heterocycles. The predicted octanol–water partition coefficient (Wildman–Crippen LogP) is 0.636. The summed E-state index contributed by atoms with van der Waals surface area (Å²) in [5, 5.41) is 0. The van der Waals surface area contributed by atoms with Gasteiger partial charge in [-0.15, -0.1) is 0 Å². The normalized spacial score (nSPS) is 16.6. The van der Waals surface area contributed by atoms with Crippen molar-refractivity contribution in [3.8, 4) is 0 Å². The van der Waals surface area contributed by atoms with Gasteiger partial charge in [0.2, 0.25) is 0 Å². The van der Waals surface area contributed by atoms with Crippen LogP contribution in [0.1, 0.15) is 23.2 Å². The fraction of sp³-hybridized carbons (Fsp3) is 0.538. The molecule has 1 saturated heterocycles. The summed E-state index contributed by atoms with van der Waals surface area (Å²) in [5.74, 6) is -0.0976. The van der Waals surface area contributed by atoms with E-state index in [9.17, 15) is 9.59 Å². The molecule has 0 spiro atoms. The minimum absolute atomic E-state index is 0.0976. The first-order valence-electron chi connectivity index (χ1n) is 6.11.